The van der Waals surface area contributed by atoms with Crippen molar-refractivity contribution in [2.24, 2.45) is 0 Å². The Labute approximate surface area is 136 Å². The Balaban J connectivity index is 0.00000176. The summed E-state index contributed by atoms with van der Waals surface area (Å²) in [5, 5.41) is 8.33. The lowest BCUT2D eigenvalue weighted by Gasteiger charge is -2.21. The molecule has 3 rings (SSSR count). The fraction of sp³-hybridized carbons (Fsp3) is 0.133. The first-order valence-electron chi connectivity index (χ1n) is 6.19. The van der Waals surface area contributed by atoms with Gasteiger partial charge in [-0.1, -0.05) is 35.9 Å². The van der Waals surface area contributed by atoms with Gasteiger partial charge < -0.3 is 4.90 Å². The number of rotatable bonds is 1. The molecule has 0 fully saturated rings. The van der Waals surface area contributed by atoms with E-state index >= 15 is 0 Å². The summed E-state index contributed by atoms with van der Waals surface area (Å²) in [6, 6.07) is 10.4. The molecule has 0 bridgehead atoms. The summed E-state index contributed by atoms with van der Waals surface area (Å²) in [6.07, 6.45) is -4.44. The van der Waals surface area contributed by atoms with Gasteiger partial charge in [0.1, 0.15) is 5.84 Å². The maximum absolute atomic E-state index is 12.8. The van der Waals surface area contributed by atoms with E-state index in [0.29, 0.717) is 12.1 Å². The van der Waals surface area contributed by atoms with E-state index in [2.05, 4.69) is 0 Å². The second-order valence-electron chi connectivity index (χ2n) is 4.76. The zero-order valence-corrected chi connectivity index (χ0v) is 12.7. The minimum Gasteiger partial charge on any atom is -0.320 e. The lowest BCUT2D eigenvalue weighted by molar-refractivity contribution is -0.137. The van der Waals surface area contributed by atoms with Crippen LogP contribution in [0.25, 0.3) is 0 Å². The van der Waals surface area contributed by atoms with Gasteiger partial charge in [-0.15, -0.1) is 12.4 Å². The SMILES string of the molecule is Cl.N=C1c2ccccc2CN1c1cc(C(F)(F)F)ccc1Cl. The minimum absolute atomic E-state index is 0. The maximum atomic E-state index is 12.8. The number of hydrogen-bond donors (Lipinski definition) is 1. The average molecular weight is 347 g/mol. The van der Waals surface area contributed by atoms with Crippen LogP contribution in [0.15, 0.2) is 42.5 Å². The van der Waals surface area contributed by atoms with Crippen molar-refractivity contribution in [3.63, 3.8) is 0 Å². The summed E-state index contributed by atoms with van der Waals surface area (Å²) >= 11 is 6.03. The van der Waals surface area contributed by atoms with Crippen molar-refractivity contribution in [1.82, 2.24) is 0 Å². The van der Waals surface area contributed by atoms with E-state index in [0.717, 1.165) is 17.7 Å². The smallest absolute Gasteiger partial charge is 0.320 e. The van der Waals surface area contributed by atoms with Gasteiger partial charge in [0.2, 0.25) is 0 Å². The molecule has 2 nitrogen and oxygen atoms in total. The maximum Gasteiger partial charge on any atom is 0.416 e. The van der Waals surface area contributed by atoms with Gasteiger partial charge in [0, 0.05) is 5.56 Å². The summed E-state index contributed by atoms with van der Waals surface area (Å²) in [6.45, 7) is 0.343. The highest BCUT2D eigenvalue weighted by molar-refractivity contribution is 6.34. The van der Waals surface area contributed by atoms with Crippen LogP contribution in [0.2, 0.25) is 5.02 Å². The van der Waals surface area contributed by atoms with Crippen molar-refractivity contribution >= 4 is 35.5 Å². The number of hydrogen-bond acceptors (Lipinski definition) is 1. The normalized spacial score (nSPS) is 13.8. The Morgan fingerprint density at radius 3 is 2.41 bits per heavy atom. The van der Waals surface area contributed by atoms with Gasteiger partial charge >= 0.3 is 6.18 Å². The molecule has 0 unspecified atom stereocenters. The molecule has 0 aliphatic carbocycles. The molecule has 116 valence electrons. The van der Waals surface area contributed by atoms with Gasteiger partial charge in [0.15, 0.2) is 0 Å². The Morgan fingerprint density at radius 1 is 1.09 bits per heavy atom. The van der Waals surface area contributed by atoms with Gasteiger partial charge in [-0.05, 0) is 23.8 Å². The summed E-state index contributed by atoms with van der Waals surface area (Å²) < 4.78 is 38.5. The monoisotopic (exact) mass is 346 g/mol. The Bertz CT molecular complexity index is 729. The Morgan fingerprint density at radius 2 is 1.77 bits per heavy atom. The van der Waals surface area contributed by atoms with Gasteiger partial charge in [-0.25, -0.2) is 0 Å². The van der Waals surface area contributed by atoms with Gasteiger partial charge in [0.05, 0.1) is 22.8 Å². The van der Waals surface area contributed by atoms with Crippen molar-refractivity contribution in [3.05, 3.63) is 64.2 Å². The van der Waals surface area contributed by atoms with Crippen LogP contribution in [-0.2, 0) is 12.7 Å². The zero-order valence-electron chi connectivity index (χ0n) is 11.1. The van der Waals surface area contributed by atoms with Crippen LogP contribution in [-0.4, -0.2) is 5.84 Å². The molecule has 0 atom stereocenters. The van der Waals surface area contributed by atoms with Crippen molar-refractivity contribution in [2.45, 2.75) is 12.7 Å². The third kappa shape index (κ3) is 2.78. The number of nitrogens with zero attached hydrogens (tertiary/aromatic N) is 1. The molecule has 0 radical (unpaired) electrons. The minimum atomic E-state index is -4.44. The molecule has 2 aromatic carbocycles. The molecule has 0 saturated carbocycles. The molecule has 0 aromatic heterocycles. The molecule has 0 saturated heterocycles. The summed E-state index contributed by atoms with van der Waals surface area (Å²) in [7, 11) is 0. The highest BCUT2D eigenvalue weighted by Crippen LogP contribution is 2.38. The first kappa shape index (κ1) is 16.6. The van der Waals surface area contributed by atoms with Crippen LogP contribution in [0.4, 0.5) is 18.9 Å². The van der Waals surface area contributed by atoms with Gasteiger partial charge in [0.25, 0.3) is 0 Å². The van der Waals surface area contributed by atoms with E-state index in [9.17, 15) is 13.2 Å². The Kier molecular flexibility index (Phi) is 4.40. The lowest BCUT2D eigenvalue weighted by Crippen LogP contribution is -2.24. The predicted octanol–water partition coefficient (Wildman–Crippen LogP) is 5.13. The van der Waals surface area contributed by atoms with E-state index in [4.69, 9.17) is 17.0 Å². The lowest BCUT2D eigenvalue weighted by atomic mass is 10.1. The van der Waals surface area contributed by atoms with Crippen LogP contribution < -0.4 is 4.90 Å². The van der Waals surface area contributed by atoms with E-state index < -0.39 is 11.7 Å². The summed E-state index contributed by atoms with van der Waals surface area (Å²) in [4.78, 5) is 1.49. The van der Waals surface area contributed by atoms with Gasteiger partial charge in [-0.3, -0.25) is 5.41 Å². The molecular formula is C15H11Cl2F3N2. The summed E-state index contributed by atoms with van der Waals surface area (Å²) in [5.41, 5.74) is 1.04. The second kappa shape index (κ2) is 5.82. The van der Waals surface area contributed by atoms with Crippen molar-refractivity contribution in [2.75, 3.05) is 4.90 Å². The van der Waals surface area contributed by atoms with Crippen molar-refractivity contribution in [3.8, 4) is 0 Å². The Hall–Kier alpha value is -1.72. The second-order valence-corrected chi connectivity index (χ2v) is 5.16. The third-order valence-electron chi connectivity index (χ3n) is 3.44. The highest BCUT2D eigenvalue weighted by Gasteiger charge is 2.33. The number of amidine groups is 1. The molecule has 1 N–H and O–H groups in total. The molecule has 0 amide bonds. The first-order valence-corrected chi connectivity index (χ1v) is 6.57. The van der Waals surface area contributed by atoms with E-state index in [1.807, 2.05) is 12.1 Å². The number of alkyl halides is 3. The summed E-state index contributed by atoms with van der Waals surface area (Å²) in [5.74, 6) is 0.159. The topological polar surface area (TPSA) is 27.1 Å². The number of benzene rings is 2. The van der Waals surface area contributed by atoms with E-state index in [1.54, 1.807) is 12.1 Å². The van der Waals surface area contributed by atoms with Crippen LogP contribution in [0.5, 0.6) is 0 Å². The molecule has 2 aromatic rings. The van der Waals surface area contributed by atoms with Crippen LogP contribution >= 0.6 is 24.0 Å². The van der Waals surface area contributed by atoms with Crippen molar-refractivity contribution < 1.29 is 13.2 Å². The quantitative estimate of drug-likeness (QED) is 0.761. The number of anilines is 1. The van der Waals surface area contributed by atoms with E-state index in [1.165, 1.54) is 11.0 Å². The van der Waals surface area contributed by atoms with Crippen LogP contribution in [0.3, 0.4) is 0 Å². The molecule has 22 heavy (non-hydrogen) atoms. The fourth-order valence-corrected chi connectivity index (χ4v) is 2.61. The van der Waals surface area contributed by atoms with Gasteiger partial charge in [-0.2, -0.15) is 13.2 Å². The first-order chi connectivity index (χ1) is 9.88. The zero-order chi connectivity index (χ0) is 15.2. The van der Waals surface area contributed by atoms with Crippen LogP contribution in [0, 0.1) is 5.41 Å². The molecular weight excluding hydrogens is 336 g/mol. The molecule has 1 aliphatic rings. The highest BCUT2D eigenvalue weighted by atomic mass is 35.5. The van der Waals surface area contributed by atoms with Crippen molar-refractivity contribution in [1.29, 1.82) is 5.41 Å². The number of halogens is 5. The van der Waals surface area contributed by atoms with Crippen LogP contribution in [0.1, 0.15) is 16.7 Å². The molecule has 7 heteroatoms. The predicted molar refractivity (Wildman–Crippen MR) is 83.2 cm³/mol. The molecule has 0 spiro atoms. The average Bonchev–Trinajstić information content (AvgIpc) is 2.76. The molecule has 1 aliphatic heterocycles. The molecule has 1 heterocycles. The number of nitrogens with one attached hydrogen (secondary N) is 1. The largest absolute Gasteiger partial charge is 0.416 e. The fourth-order valence-electron chi connectivity index (χ4n) is 2.39. The standard InChI is InChI=1S/C15H10ClF3N2.ClH/c16-12-6-5-10(15(17,18)19)7-13(12)21-8-9-3-1-2-4-11(9)14(21)20;/h1-7,20H,8H2;1H. The third-order valence-corrected chi connectivity index (χ3v) is 3.75. The van der Waals surface area contributed by atoms with E-state index in [-0.39, 0.29) is 29.0 Å². The number of fused-ring (bicyclic) bond motifs is 1.